The number of fused-ring (bicyclic) bond motifs is 1. The minimum atomic E-state index is -3.62. The number of hydrogen-bond acceptors (Lipinski definition) is 7. The Kier molecular flexibility index (Phi) is 10.3. The number of imide groups is 1. The van der Waals surface area contributed by atoms with Crippen molar-refractivity contribution < 1.29 is 27.5 Å². The van der Waals surface area contributed by atoms with Crippen LogP contribution in [0.25, 0.3) is 11.0 Å². The third kappa shape index (κ3) is 7.10. The number of nitrogens with one attached hydrogen (secondary N) is 2. The number of ether oxygens (including phenoxy) is 1. The number of nitrogens with zero attached hydrogens (tertiary/aromatic N) is 3. The van der Waals surface area contributed by atoms with Crippen LogP contribution in [0.15, 0.2) is 23.1 Å². The summed E-state index contributed by atoms with van der Waals surface area (Å²) in [5.74, 6) is -0.671. The highest BCUT2D eigenvalue weighted by Gasteiger charge is 2.24. The van der Waals surface area contributed by atoms with Gasteiger partial charge in [-0.2, -0.15) is 4.31 Å². The highest BCUT2D eigenvalue weighted by Crippen LogP contribution is 2.24. The number of carbonyl (C=O) groups is 3. The predicted molar refractivity (Wildman–Crippen MR) is 143 cm³/mol. The van der Waals surface area contributed by atoms with Gasteiger partial charge in [-0.1, -0.05) is 33.1 Å². The van der Waals surface area contributed by atoms with Gasteiger partial charge in [0.25, 0.3) is 5.91 Å². The SMILES string of the molecule is CCN(CC)S(=O)(=O)c1ccc2c(c1)nc(CCC(=O)O[C@@H](C)C(=O)NC(=O)NC1CCCCC1)n2CC. The van der Waals surface area contributed by atoms with Crippen molar-refractivity contribution >= 4 is 39.0 Å². The Morgan fingerprint density at radius 1 is 1.13 bits per heavy atom. The Morgan fingerprint density at radius 2 is 1.82 bits per heavy atom. The number of sulfonamides is 1. The van der Waals surface area contributed by atoms with Crippen molar-refractivity contribution in [3.8, 4) is 0 Å². The molecule has 1 aromatic heterocycles. The third-order valence-electron chi connectivity index (χ3n) is 6.87. The molecule has 11 nitrogen and oxygen atoms in total. The van der Waals surface area contributed by atoms with E-state index in [1.807, 2.05) is 11.5 Å². The lowest BCUT2D eigenvalue weighted by atomic mass is 9.96. The Morgan fingerprint density at radius 3 is 2.45 bits per heavy atom. The van der Waals surface area contributed by atoms with E-state index in [0.717, 1.165) is 37.6 Å². The molecule has 0 spiro atoms. The second-order valence-electron chi connectivity index (χ2n) is 9.44. The third-order valence-corrected chi connectivity index (χ3v) is 8.91. The van der Waals surface area contributed by atoms with Gasteiger partial charge in [-0.25, -0.2) is 18.2 Å². The Bertz CT molecular complexity index is 1250. The molecule has 2 N–H and O–H groups in total. The Labute approximate surface area is 224 Å². The maximum atomic E-state index is 12.9. The summed E-state index contributed by atoms with van der Waals surface area (Å²) in [5, 5.41) is 5.03. The molecule has 0 saturated heterocycles. The molecule has 1 aliphatic rings. The molecule has 3 amide bonds. The molecule has 1 heterocycles. The number of rotatable bonds is 11. The van der Waals surface area contributed by atoms with Gasteiger partial charge in [-0.05, 0) is 44.9 Å². The van der Waals surface area contributed by atoms with Gasteiger partial charge >= 0.3 is 12.0 Å². The largest absolute Gasteiger partial charge is 0.453 e. The molecule has 38 heavy (non-hydrogen) atoms. The normalized spacial score (nSPS) is 15.4. The highest BCUT2D eigenvalue weighted by molar-refractivity contribution is 7.89. The first-order chi connectivity index (χ1) is 18.1. The van der Waals surface area contributed by atoms with Crippen LogP contribution in [0.5, 0.6) is 0 Å². The molecule has 12 heteroatoms. The van der Waals surface area contributed by atoms with E-state index < -0.39 is 34.0 Å². The van der Waals surface area contributed by atoms with Gasteiger partial charge in [0.05, 0.1) is 22.3 Å². The van der Waals surface area contributed by atoms with Crippen molar-refractivity contribution in [2.24, 2.45) is 0 Å². The van der Waals surface area contributed by atoms with Crippen molar-refractivity contribution in [2.45, 2.75) is 96.2 Å². The van der Waals surface area contributed by atoms with E-state index in [4.69, 9.17) is 4.74 Å². The number of aryl methyl sites for hydroxylation is 2. The second-order valence-corrected chi connectivity index (χ2v) is 11.4. The molecule has 1 saturated carbocycles. The van der Waals surface area contributed by atoms with E-state index in [9.17, 15) is 22.8 Å². The van der Waals surface area contributed by atoms with E-state index in [0.29, 0.717) is 31.0 Å². The van der Waals surface area contributed by atoms with Gasteiger partial charge in [0.1, 0.15) is 5.82 Å². The second kappa shape index (κ2) is 13.2. The standard InChI is InChI=1S/C26H39N5O6S/c1-5-30(6-2)38(35,36)20-13-14-22-21(17-20)28-23(31(22)7-3)15-16-24(32)37-18(4)25(33)29-26(34)27-19-11-9-8-10-12-19/h13-14,17-19H,5-12,15-16H2,1-4H3,(H2,27,29,33,34)/t18-/m0/s1. The average Bonchev–Trinajstić information content (AvgIpc) is 3.25. The summed E-state index contributed by atoms with van der Waals surface area (Å²) in [6.45, 7) is 8.26. The number of esters is 1. The van der Waals surface area contributed by atoms with Crippen molar-refractivity contribution in [1.29, 1.82) is 0 Å². The summed E-state index contributed by atoms with van der Waals surface area (Å²) in [7, 11) is -3.62. The van der Waals surface area contributed by atoms with E-state index in [1.54, 1.807) is 32.0 Å². The van der Waals surface area contributed by atoms with Crippen LogP contribution >= 0.6 is 0 Å². The quantitative estimate of drug-likeness (QED) is 0.411. The van der Waals surface area contributed by atoms with E-state index >= 15 is 0 Å². The minimum absolute atomic E-state index is 0.0280. The van der Waals surface area contributed by atoms with Gasteiger partial charge in [-0.15, -0.1) is 0 Å². The molecule has 1 aliphatic carbocycles. The smallest absolute Gasteiger partial charge is 0.321 e. The molecule has 1 aromatic carbocycles. The lowest BCUT2D eigenvalue weighted by Gasteiger charge is -2.23. The molecule has 0 radical (unpaired) electrons. The van der Waals surface area contributed by atoms with E-state index in [2.05, 4.69) is 15.6 Å². The van der Waals surface area contributed by atoms with Crippen LogP contribution in [0.1, 0.15) is 72.0 Å². The fourth-order valence-corrected chi connectivity index (χ4v) is 6.26. The zero-order valence-corrected chi connectivity index (χ0v) is 23.5. The van der Waals surface area contributed by atoms with Crippen molar-refractivity contribution in [1.82, 2.24) is 24.5 Å². The molecule has 2 aromatic rings. The highest BCUT2D eigenvalue weighted by atomic mass is 32.2. The number of benzene rings is 1. The van der Waals surface area contributed by atoms with Gasteiger partial charge in [-0.3, -0.25) is 14.9 Å². The maximum Gasteiger partial charge on any atom is 0.321 e. The van der Waals surface area contributed by atoms with Crippen LogP contribution in [-0.2, 0) is 37.3 Å². The Hall–Kier alpha value is -2.99. The first-order valence-electron chi connectivity index (χ1n) is 13.4. The fourth-order valence-electron chi connectivity index (χ4n) is 4.78. The molecule has 1 atom stereocenters. The van der Waals surface area contributed by atoms with Crippen LogP contribution in [0, 0.1) is 0 Å². The summed E-state index contributed by atoms with van der Waals surface area (Å²) in [5.41, 5.74) is 1.30. The summed E-state index contributed by atoms with van der Waals surface area (Å²) in [4.78, 5) is 41.6. The molecule has 0 bridgehead atoms. The molecular formula is C26H39N5O6S. The summed E-state index contributed by atoms with van der Waals surface area (Å²) >= 11 is 0. The van der Waals surface area contributed by atoms with Crippen LogP contribution in [0.4, 0.5) is 4.79 Å². The van der Waals surface area contributed by atoms with Gasteiger partial charge in [0.2, 0.25) is 10.0 Å². The first kappa shape index (κ1) is 29.6. The molecule has 0 aliphatic heterocycles. The van der Waals surface area contributed by atoms with Crippen LogP contribution in [0.3, 0.4) is 0 Å². The number of carbonyl (C=O) groups excluding carboxylic acids is 3. The lowest BCUT2D eigenvalue weighted by Crippen LogP contribution is -2.48. The van der Waals surface area contributed by atoms with Crippen LogP contribution in [-0.4, -0.2) is 65.4 Å². The molecule has 0 unspecified atom stereocenters. The minimum Gasteiger partial charge on any atom is -0.453 e. The first-order valence-corrected chi connectivity index (χ1v) is 14.8. The Balaban J connectivity index is 1.59. The zero-order valence-electron chi connectivity index (χ0n) is 22.7. The zero-order chi connectivity index (χ0) is 27.9. The maximum absolute atomic E-state index is 12.9. The number of hydrogen-bond donors (Lipinski definition) is 2. The predicted octanol–water partition coefficient (Wildman–Crippen LogP) is 3.11. The number of amides is 3. The van der Waals surface area contributed by atoms with Crippen molar-refractivity contribution in [3.05, 3.63) is 24.0 Å². The molecule has 210 valence electrons. The van der Waals surface area contributed by atoms with Crippen molar-refractivity contribution in [2.75, 3.05) is 13.1 Å². The fraction of sp³-hybridized carbons (Fsp3) is 0.615. The summed E-state index contributed by atoms with van der Waals surface area (Å²) < 4.78 is 34.4. The van der Waals surface area contributed by atoms with E-state index in [1.165, 1.54) is 11.2 Å². The van der Waals surface area contributed by atoms with Gasteiger partial charge in [0.15, 0.2) is 6.10 Å². The molecule has 1 fully saturated rings. The summed E-state index contributed by atoms with van der Waals surface area (Å²) in [6.07, 6.45) is 4.13. The lowest BCUT2D eigenvalue weighted by molar-refractivity contribution is -0.154. The van der Waals surface area contributed by atoms with Crippen LogP contribution < -0.4 is 10.6 Å². The monoisotopic (exact) mass is 549 g/mol. The molecule has 3 rings (SSSR count). The van der Waals surface area contributed by atoms with Crippen molar-refractivity contribution in [3.63, 3.8) is 0 Å². The summed E-state index contributed by atoms with van der Waals surface area (Å²) in [6, 6.07) is 4.34. The van der Waals surface area contributed by atoms with E-state index in [-0.39, 0.29) is 23.8 Å². The topological polar surface area (TPSA) is 140 Å². The number of imidazole rings is 1. The van der Waals surface area contributed by atoms with Gasteiger partial charge < -0.3 is 14.6 Å². The molecular weight excluding hydrogens is 510 g/mol. The average molecular weight is 550 g/mol. The van der Waals surface area contributed by atoms with Crippen LogP contribution in [0.2, 0.25) is 0 Å². The number of urea groups is 1. The number of aromatic nitrogens is 2. The van der Waals surface area contributed by atoms with Gasteiger partial charge in [0, 0.05) is 32.1 Å².